The van der Waals surface area contributed by atoms with Crippen LogP contribution < -0.4 is 0 Å². The van der Waals surface area contributed by atoms with Gasteiger partial charge in [-0.25, -0.2) is 0 Å². The van der Waals surface area contributed by atoms with Crippen LogP contribution in [0.1, 0.15) is 81.7 Å². The summed E-state index contributed by atoms with van der Waals surface area (Å²) in [5, 5.41) is 4.35. The molecule has 1 saturated carbocycles. The summed E-state index contributed by atoms with van der Waals surface area (Å²) in [5.41, 5.74) is 1.48. The predicted molar refractivity (Wildman–Crippen MR) is 104 cm³/mol. The highest BCUT2D eigenvalue weighted by atomic mass is 32.1. The van der Waals surface area contributed by atoms with Gasteiger partial charge in [0.2, 0.25) is 5.91 Å². The minimum Gasteiger partial charge on any atom is -0.339 e. The minimum absolute atomic E-state index is 0.310. The van der Waals surface area contributed by atoms with Crippen LogP contribution in [0.3, 0.4) is 0 Å². The Bertz CT molecular complexity index is 640. The van der Waals surface area contributed by atoms with Crippen LogP contribution in [0, 0.1) is 5.41 Å². The van der Waals surface area contributed by atoms with Crippen molar-refractivity contribution in [2.45, 2.75) is 83.7 Å². The van der Waals surface area contributed by atoms with E-state index in [2.05, 4.69) is 33.2 Å². The molecule has 1 aliphatic carbocycles. The zero-order chi connectivity index (χ0) is 18.1. The highest BCUT2D eigenvalue weighted by Crippen LogP contribution is 2.41. The van der Waals surface area contributed by atoms with E-state index in [0.717, 1.165) is 39.0 Å². The van der Waals surface area contributed by atoms with Crippen molar-refractivity contribution in [3.8, 4) is 0 Å². The standard InChI is InChI=1S/C20H32N4OS/c1-15(2)19-17(26-22-21-19)12-23-11-5-9-20(13-23)10-8-18(25)24(14-20)16-6-3-4-7-16/h15-16H,3-14H2,1-2H3/t20-/m1/s1. The third kappa shape index (κ3) is 3.68. The van der Waals surface area contributed by atoms with Crippen molar-refractivity contribution in [1.82, 2.24) is 19.4 Å². The number of piperidine rings is 2. The maximum Gasteiger partial charge on any atom is 0.222 e. The Labute approximate surface area is 161 Å². The molecular weight excluding hydrogens is 344 g/mol. The zero-order valence-electron chi connectivity index (χ0n) is 16.2. The fraction of sp³-hybridized carbons (Fsp3) is 0.850. The van der Waals surface area contributed by atoms with Crippen LogP contribution in [0.25, 0.3) is 0 Å². The molecule has 0 N–H and O–H groups in total. The lowest BCUT2D eigenvalue weighted by molar-refractivity contribution is -0.142. The van der Waals surface area contributed by atoms with Gasteiger partial charge in [0, 0.05) is 37.5 Å². The number of aromatic nitrogens is 2. The molecule has 3 aliphatic rings. The fourth-order valence-corrected chi connectivity index (χ4v) is 6.18. The van der Waals surface area contributed by atoms with Crippen molar-refractivity contribution in [3.63, 3.8) is 0 Å². The van der Waals surface area contributed by atoms with Crippen LogP contribution >= 0.6 is 11.5 Å². The van der Waals surface area contributed by atoms with E-state index >= 15 is 0 Å². The minimum atomic E-state index is 0.310. The average Bonchev–Trinajstić information content (AvgIpc) is 3.29. The first-order chi connectivity index (χ1) is 12.6. The molecule has 0 radical (unpaired) electrons. The first kappa shape index (κ1) is 18.4. The number of carbonyl (C=O) groups is 1. The topological polar surface area (TPSA) is 49.3 Å². The van der Waals surface area contributed by atoms with Gasteiger partial charge in [-0.15, -0.1) is 5.10 Å². The van der Waals surface area contributed by atoms with Gasteiger partial charge < -0.3 is 4.90 Å². The lowest BCUT2D eigenvalue weighted by Gasteiger charge is -2.49. The summed E-state index contributed by atoms with van der Waals surface area (Å²) in [6, 6.07) is 0.522. The second-order valence-corrected chi connectivity index (χ2v) is 9.85. The van der Waals surface area contributed by atoms with Gasteiger partial charge in [0.05, 0.1) is 10.6 Å². The van der Waals surface area contributed by atoms with Crippen LogP contribution in [0.2, 0.25) is 0 Å². The molecule has 3 fully saturated rings. The van der Waals surface area contributed by atoms with E-state index in [4.69, 9.17) is 0 Å². The van der Waals surface area contributed by atoms with E-state index in [0.29, 0.717) is 23.3 Å². The van der Waals surface area contributed by atoms with Gasteiger partial charge in [0.15, 0.2) is 0 Å². The van der Waals surface area contributed by atoms with Crippen molar-refractivity contribution >= 4 is 17.4 Å². The zero-order valence-corrected chi connectivity index (χ0v) is 17.1. The Morgan fingerprint density at radius 3 is 2.77 bits per heavy atom. The summed E-state index contributed by atoms with van der Waals surface area (Å²) in [7, 11) is 0. The Morgan fingerprint density at radius 1 is 1.19 bits per heavy atom. The largest absolute Gasteiger partial charge is 0.339 e. The summed E-state index contributed by atoms with van der Waals surface area (Å²) in [6.07, 6.45) is 9.38. The molecule has 5 nitrogen and oxygen atoms in total. The number of likely N-dealkylation sites (tertiary alicyclic amines) is 2. The quantitative estimate of drug-likeness (QED) is 0.802. The van der Waals surface area contributed by atoms with E-state index in [-0.39, 0.29) is 0 Å². The molecule has 0 aromatic carbocycles. The number of hydrogen-bond acceptors (Lipinski definition) is 5. The van der Waals surface area contributed by atoms with Gasteiger partial charge >= 0.3 is 0 Å². The maximum atomic E-state index is 12.6. The lowest BCUT2D eigenvalue weighted by Crippen LogP contribution is -2.55. The molecule has 1 atom stereocenters. The first-order valence-electron chi connectivity index (χ1n) is 10.4. The van der Waals surface area contributed by atoms with Gasteiger partial charge in [0.1, 0.15) is 0 Å². The van der Waals surface area contributed by atoms with E-state index in [1.54, 1.807) is 11.5 Å². The van der Waals surface area contributed by atoms with E-state index in [9.17, 15) is 4.79 Å². The van der Waals surface area contributed by atoms with E-state index in [1.165, 1.54) is 49.1 Å². The monoisotopic (exact) mass is 376 g/mol. The van der Waals surface area contributed by atoms with Crippen molar-refractivity contribution in [3.05, 3.63) is 10.6 Å². The maximum absolute atomic E-state index is 12.6. The molecule has 2 aliphatic heterocycles. The molecule has 0 bridgehead atoms. The molecular formula is C20H32N4OS. The number of nitrogens with zero attached hydrogens (tertiary/aromatic N) is 4. The second-order valence-electron chi connectivity index (χ2n) is 9.01. The Balaban J connectivity index is 1.45. The molecule has 6 heteroatoms. The van der Waals surface area contributed by atoms with Crippen LogP contribution in [0.4, 0.5) is 0 Å². The highest BCUT2D eigenvalue weighted by Gasteiger charge is 2.43. The molecule has 1 aromatic rings. The van der Waals surface area contributed by atoms with Crippen molar-refractivity contribution in [2.75, 3.05) is 19.6 Å². The van der Waals surface area contributed by atoms with E-state index in [1.807, 2.05) is 0 Å². The summed E-state index contributed by atoms with van der Waals surface area (Å²) in [5.74, 6) is 0.848. The fourth-order valence-electron chi connectivity index (χ4n) is 5.34. The second kappa shape index (κ2) is 7.55. The molecule has 144 valence electrons. The number of hydrogen-bond donors (Lipinski definition) is 0. The van der Waals surface area contributed by atoms with Gasteiger partial charge in [-0.1, -0.05) is 31.2 Å². The number of carbonyl (C=O) groups excluding carboxylic acids is 1. The molecule has 1 amide bonds. The third-order valence-corrected chi connectivity index (χ3v) is 7.42. The van der Waals surface area contributed by atoms with Crippen LogP contribution in [0.5, 0.6) is 0 Å². The van der Waals surface area contributed by atoms with Gasteiger partial charge in [-0.3, -0.25) is 9.69 Å². The number of amides is 1. The smallest absolute Gasteiger partial charge is 0.222 e. The Morgan fingerprint density at radius 2 is 2.00 bits per heavy atom. The van der Waals surface area contributed by atoms with Crippen LogP contribution in [-0.4, -0.2) is 51.0 Å². The Kier molecular flexibility index (Phi) is 5.33. The van der Waals surface area contributed by atoms with Crippen molar-refractivity contribution in [1.29, 1.82) is 0 Å². The molecule has 26 heavy (non-hydrogen) atoms. The molecule has 1 spiro atoms. The highest BCUT2D eigenvalue weighted by molar-refractivity contribution is 7.05. The average molecular weight is 377 g/mol. The van der Waals surface area contributed by atoms with Crippen LogP contribution in [-0.2, 0) is 11.3 Å². The third-order valence-electron chi connectivity index (χ3n) is 6.70. The molecule has 3 heterocycles. The summed E-state index contributed by atoms with van der Waals surface area (Å²) < 4.78 is 4.20. The van der Waals surface area contributed by atoms with Gasteiger partial charge in [0.25, 0.3) is 0 Å². The summed E-state index contributed by atoms with van der Waals surface area (Å²) in [4.78, 5) is 18.8. The Hall–Kier alpha value is -1.01. The molecule has 4 rings (SSSR count). The normalized spacial score (nSPS) is 28.6. The molecule has 2 saturated heterocycles. The summed E-state index contributed by atoms with van der Waals surface area (Å²) in [6.45, 7) is 8.65. The van der Waals surface area contributed by atoms with Gasteiger partial charge in [-0.05, 0) is 56.1 Å². The SMILES string of the molecule is CC(C)c1nnsc1CN1CCC[C@@]2(CCC(=O)N(C3CCCC3)C2)C1. The summed E-state index contributed by atoms with van der Waals surface area (Å²) >= 11 is 1.56. The molecule has 0 unspecified atom stereocenters. The van der Waals surface area contributed by atoms with Crippen LogP contribution in [0.15, 0.2) is 0 Å². The van der Waals surface area contributed by atoms with Gasteiger partial charge in [-0.2, -0.15) is 0 Å². The number of rotatable bonds is 4. The van der Waals surface area contributed by atoms with Crippen molar-refractivity contribution < 1.29 is 4.79 Å². The van der Waals surface area contributed by atoms with Crippen molar-refractivity contribution in [2.24, 2.45) is 5.41 Å². The predicted octanol–water partition coefficient (Wildman–Crippen LogP) is 3.81. The first-order valence-corrected chi connectivity index (χ1v) is 11.2. The molecule has 1 aromatic heterocycles. The van der Waals surface area contributed by atoms with E-state index < -0.39 is 0 Å². The lowest BCUT2D eigenvalue weighted by atomic mass is 9.73.